The van der Waals surface area contributed by atoms with Gasteiger partial charge < -0.3 is 0 Å². The third kappa shape index (κ3) is 6.16. The van der Waals surface area contributed by atoms with Crippen molar-refractivity contribution in [2.45, 2.75) is 70.6 Å². The SMILES string of the molecule is CC1(C)C2=C(CCC(C3=c4ccccc4=C(C4=CC5=C(C=C(C6=CC=C(C7=c8ccccc8=C(c8ccccc8)C8C=CC=CC78)CC6)CC5)CC4)C4C=CC=CC34)=C2)c2ccccc21. The molecule has 0 nitrogen and oxygen atoms in total. The molecule has 0 N–H and O–H groups in total. The normalized spacial score (nSPS) is 25.6. The van der Waals surface area contributed by atoms with Crippen LogP contribution in [0.3, 0.4) is 0 Å². The molecule has 0 radical (unpaired) electrons. The Labute approximate surface area is 384 Å². The summed E-state index contributed by atoms with van der Waals surface area (Å²) in [4.78, 5) is 0. The van der Waals surface area contributed by atoms with Crippen molar-refractivity contribution in [3.8, 4) is 0 Å². The molecule has 4 aromatic carbocycles. The second kappa shape index (κ2) is 15.3. The summed E-state index contributed by atoms with van der Waals surface area (Å²) < 4.78 is 0. The molecule has 9 aliphatic rings. The largest absolute Gasteiger partial charge is 0.0761 e. The zero-order valence-electron chi connectivity index (χ0n) is 37.8. The molecule has 0 amide bonds. The summed E-state index contributed by atoms with van der Waals surface area (Å²) in [7, 11) is 0. The van der Waals surface area contributed by atoms with Crippen LogP contribution < -0.4 is 20.9 Å². The Balaban J connectivity index is 0.859. The summed E-state index contributed by atoms with van der Waals surface area (Å²) >= 11 is 0. The van der Waals surface area contributed by atoms with Crippen LogP contribution in [0.5, 0.6) is 0 Å². The topological polar surface area (TPSA) is 0 Å². The minimum atomic E-state index is 0.0211. The van der Waals surface area contributed by atoms with E-state index in [9.17, 15) is 0 Å². The molecule has 316 valence electrons. The van der Waals surface area contributed by atoms with Crippen molar-refractivity contribution in [3.63, 3.8) is 0 Å². The highest BCUT2D eigenvalue weighted by atomic mass is 14.4. The van der Waals surface area contributed by atoms with Crippen LogP contribution in [0.25, 0.3) is 27.9 Å². The third-order valence-electron chi connectivity index (χ3n) is 16.6. The summed E-state index contributed by atoms with van der Waals surface area (Å²) in [6.45, 7) is 4.87. The number of rotatable bonds is 5. The van der Waals surface area contributed by atoms with E-state index >= 15 is 0 Å². The maximum absolute atomic E-state index is 2.63. The van der Waals surface area contributed by atoms with Crippen molar-refractivity contribution < 1.29 is 0 Å². The van der Waals surface area contributed by atoms with Crippen LogP contribution >= 0.6 is 0 Å². The van der Waals surface area contributed by atoms with Crippen LogP contribution in [0, 0.1) is 23.7 Å². The molecule has 0 saturated heterocycles. The van der Waals surface area contributed by atoms with Crippen molar-refractivity contribution in [2.24, 2.45) is 23.7 Å². The second-order valence-electron chi connectivity index (χ2n) is 20.3. The zero-order valence-corrected chi connectivity index (χ0v) is 37.8. The second-order valence-corrected chi connectivity index (χ2v) is 20.3. The number of benzene rings is 4. The summed E-state index contributed by atoms with van der Waals surface area (Å²) in [5.41, 5.74) is 24.4. The van der Waals surface area contributed by atoms with Crippen LogP contribution in [0.1, 0.15) is 81.9 Å². The van der Waals surface area contributed by atoms with Crippen LogP contribution in [0.4, 0.5) is 0 Å². The third-order valence-corrected chi connectivity index (χ3v) is 16.6. The summed E-state index contributed by atoms with van der Waals surface area (Å²) in [5, 5.41) is 5.70. The summed E-state index contributed by atoms with van der Waals surface area (Å²) in [6.07, 6.45) is 40.8. The van der Waals surface area contributed by atoms with Crippen LogP contribution in [0.15, 0.2) is 227 Å². The smallest absolute Gasteiger partial charge is 0.0155 e. The summed E-state index contributed by atoms with van der Waals surface area (Å²) in [5.74, 6) is 1.37. The Hall–Kier alpha value is -6.50. The quantitative estimate of drug-likeness (QED) is 0.188. The van der Waals surface area contributed by atoms with Crippen molar-refractivity contribution >= 4 is 27.9 Å². The van der Waals surface area contributed by atoms with Gasteiger partial charge in [0, 0.05) is 29.1 Å². The molecule has 0 heteroatoms. The maximum atomic E-state index is 2.63. The van der Waals surface area contributed by atoms with Gasteiger partial charge in [-0.2, -0.15) is 0 Å². The molecule has 4 atom stereocenters. The van der Waals surface area contributed by atoms with E-state index in [4.69, 9.17) is 0 Å². The predicted molar refractivity (Wildman–Crippen MR) is 272 cm³/mol. The van der Waals surface area contributed by atoms with Crippen molar-refractivity contribution in [2.75, 3.05) is 0 Å². The molecule has 0 saturated carbocycles. The van der Waals surface area contributed by atoms with Gasteiger partial charge in [0.1, 0.15) is 0 Å². The highest BCUT2D eigenvalue weighted by Gasteiger charge is 2.41. The number of hydrogen-bond acceptors (Lipinski definition) is 0. The first-order chi connectivity index (χ1) is 32.0. The average Bonchev–Trinajstić information content (AvgIpc) is 3.59. The first kappa shape index (κ1) is 38.9. The van der Waals surface area contributed by atoms with Gasteiger partial charge in [0.15, 0.2) is 0 Å². The number of fused-ring (bicyclic) bond motifs is 6. The Kier molecular flexibility index (Phi) is 9.17. The van der Waals surface area contributed by atoms with Crippen molar-refractivity contribution in [1.29, 1.82) is 0 Å². The molecule has 0 aromatic heterocycles. The standard InChI is InChI=1S/C65H56/c1-65(2)59-27-15-14-18-49(59)50-37-36-48(40-60(50)65)64-57-25-12-10-23-55(57)63(56-24-11-13-26-58(56)64)47-35-34-45-38-44(32-33-46(45)39-47)41-28-30-43(31-29-41)62-53-21-8-6-19-51(53)61(42-16-4-3-5-17-42)52-20-7-9-22-54(52)62/h3-28,30,38-40,51,53,55,57H,29,31-37H2,1-2H3. The molecule has 0 aliphatic heterocycles. The lowest BCUT2D eigenvalue weighted by atomic mass is 9.66. The van der Waals surface area contributed by atoms with E-state index in [1.54, 1.807) is 44.6 Å². The maximum Gasteiger partial charge on any atom is 0.0155 e. The van der Waals surface area contributed by atoms with E-state index in [1.165, 1.54) is 65.4 Å². The van der Waals surface area contributed by atoms with Gasteiger partial charge in [-0.3, -0.25) is 0 Å². The fourth-order valence-corrected chi connectivity index (χ4v) is 13.6. The number of allylic oxidation sites excluding steroid dienone is 22. The minimum Gasteiger partial charge on any atom is -0.0761 e. The number of hydrogen-bond donors (Lipinski definition) is 0. The van der Waals surface area contributed by atoms with Crippen LogP contribution in [-0.2, 0) is 5.41 Å². The van der Waals surface area contributed by atoms with E-state index < -0.39 is 0 Å². The Bertz CT molecular complexity index is 3380. The molecular weight excluding hydrogens is 781 g/mol. The molecule has 9 aliphatic carbocycles. The van der Waals surface area contributed by atoms with E-state index in [0.717, 1.165) is 51.4 Å². The van der Waals surface area contributed by atoms with Gasteiger partial charge in [-0.15, -0.1) is 0 Å². The van der Waals surface area contributed by atoms with E-state index in [-0.39, 0.29) is 5.41 Å². The highest BCUT2D eigenvalue weighted by Crippen LogP contribution is 2.53. The zero-order chi connectivity index (χ0) is 43.2. The monoisotopic (exact) mass is 836 g/mol. The fraction of sp³-hybridized carbons (Fsp3) is 0.231. The molecule has 0 bridgehead atoms. The Morgan fingerprint density at radius 2 is 0.831 bits per heavy atom. The first-order valence-electron chi connectivity index (χ1n) is 24.5. The molecule has 0 fully saturated rings. The van der Waals surface area contributed by atoms with E-state index in [2.05, 4.69) is 196 Å². The lowest BCUT2D eigenvalue weighted by molar-refractivity contribution is 0.646. The molecule has 4 unspecified atom stereocenters. The van der Waals surface area contributed by atoms with Gasteiger partial charge in [-0.1, -0.05) is 196 Å². The van der Waals surface area contributed by atoms with Gasteiger partial charge in [-0.25, -0.2) is 0 Å². The molecule has 0 heterocycles. The highest BCUT2D eigenvalue weighted by molar-refractivity contribution is 5.88. The minimum absolute atomic E-state index is 0.0211. The summed E-state index contributed by atoms with van der Waals surface area (Å²) in [6, 6.07) is 38.8. The molecule has 65 heavy (non-hydrogen) atoms. The average molecular weight is 837 g/mol. The van der Waals surface area contributed by atoms with Gasteiger partial charge in [0.2, 0.25) is 0 Å². The Morgan fingerprint density at radius 3 is 1.45 bits per heavy atom. The molecule has 4 aromatic rings. The predicted octanol–water partition coefficient (Wildman–Crippen LogP) is 12.6. The lowest BCUT2D eigenvalue weighted by Gasteiger charge is -2.37. The van der Waals surface area contributed by atoms with Gasteiger partial charge in [-0.05, 0) is 161 Å². The van der Waals surface area contributed by atoms with E-state index in [0.29, 0.717) is 23.7 Å². The molecule has 0 spiro atoms. The van der Waals surface area contributed by atoms with Crippen molar-refractivity contribution in [3.05, 3.63) is 264 Å². The van der Waals surface area contributed by atoms with Crippen molar-refractivity contribution in [1.82, 2.24) is 0 Å². The van der Waals surface area contributed by atoms with Crippen LogP contribution in [0.2, 0.25) is 0 Å². The molecular formula is C65H56. The first-order valence-corrected chi connectivity index (χ1v) is 24.5. The van der Waals surface area contributed by atoms with Gasteiger partial charge >= 0.3 is 0 Å². The fourth-order valence-electron chi connectivity index (χ4n) is 13.6. The van der Waals surface area contributed by atoms with Crippen LogP contribution in [-0.4, -0.2) is 0 Å². The van der Waals surface area contributed by atoms with Gasteiger partial charge in [0.25, 0.3) is 0 Å². The Morgan fingerprint density at radius 1 is 0.385 bits per heavy atom. The molecule has 13 rings (SSSR count). The lowest BCUT2D eigenvalue weighted by Crippen LogP contribution is -2.41. The van der Waals surface area contributed by atoms with E-state index in [1.807, 2.05) is 0 Å². The van der Waals surface area contributed by atoms with Gasteiger partial charge in [0.05, 0.1) is 0 Å².